The lowest BCUT2D eigenvalue weighted by Gasteiger charge is -2.37. The zero-order valence-electron chi connectivity index (χ0n) is 16.6. The van der Waals surface area contributed by atoms with Gasteiger partial charge in [0.2, 0.25) is 0 Å². The van der Waals surface area contributed by atoms with Crippen molar-refractivity contribution in [3.05, 3.63) is 60.4 Å². The predicted octanol–water partition coefficient (Wildman–Crippen LogP) is 3.67. The number of carbonyl (C=O) groups is 1. The summed E-state index contributed by atoms with van der Waals surface area (Å²) in [7, 11) is 0. The van der Waals surface area contributed by atoms with E-state index in [9.17, 15) is 4.79 Å². The average molecular weight is 367 g/mol. The summed E-state index contributed by atoms with van der Waals surface area (Å²) in [5.41, 5.74) is 2.44. The maximum atomic E-state index is 12.7. The SMILES string of the molecule is CC(CC(C)(C)c1ccccc1)NC(=O)N1CCN(c2cccnc2)CC1. The first-order chi connectivity index (χ1) is 13.0. The van der Waals surface area contributed by atoms with Gasteiger partial charge in [0.05, 0.1) is 11.9 Å². The summed E-state index contributed by atoms with van der Waals surface area (Å²) in [5, 5.41) is 3.19. The highest BCUT2D eigenvalue weighted by atomic mass is 16.2. The minimum atomic E-state index is 0.0208. The number of benzene rings is 1. The highest BCUT2D eigenvalue weighted by Crippen LogP contribution is 2.28. The lowest BCUT2D eigenvalue weighted by atomic mass is 9.79. The molecule has 0 bridgehead atoms. The van der Waals surface area contributed by atoms with E-state index in [0.29, 0.717) is 0 Å². The Hall–Kier alpha value is -2.56. The number of nitrogens with one attached hydrogen (secondary N) is 1. The Morgan fingerprint density at radius 3 is 2.44 bits per heavy atom. The second-order valence-electron chi connectivity index (χ2n) is 7.99. The van der Waals surface area contributed by atoms with Gasteiger partial charge in [-0.05, 0) is 36.5 Å². The van der Waals surface area contributed by atoms with Crippen molar-refractivity contribution in [1.82, 2.24) is 15.2 Å². The molecule has 144 valence electrons. The van der Waals surface area contributed by atoms with E-state index in [1.54, 1.807) is 6.20 Å². The third-order valence-electron chi connectivity index (χ3n) is 5.32. The summed E-state index contributed by atoms with van der Waals surface area (Å²) in [6.45, 7) is 9.70. The molecule has 2 amide bonds. The van der Waals surface area contributed by atoms with Crippen LogP contribution in [0, 0.1) is 0 Å². The molecule has 1 aliphatic rings. The minimum Gasteiger partial charge on any atom is -0.367 e. The second-order valence-corrected chi connectivity index (χ2v) is 7.99. The highest BCUT2D eigenvalue weighted by Gasteiger charge is 2.26. The van der Waals surface area contributed by atoms with E-state index in [-0.39, 0.29) is 17.5 Å². The first-order valence-electron chi connectivity index (χ1n) is 9.72. The molecule has 1 N–H and O–H groups in total. The van der Waals surface area contributed by atoms with Gasteiger partial charge in [0.15, 0.2) is 0 Å². The predicted molar refractivity (Wildman–Crippen MR) is 110 cm³/mol. The van der Waals surface area contributed by atoms with E-state index >= 15 is 0 Å². The van der Waals surface area contributed by atoms with Gasteiger partial charge in [-0.15, -0.1) is 0 Å². The molecule has 1 aliphatic heterocycles. The molecule has 0 radical (unpaired) electrons. The molecule has 1 saturated heterocycles. The van der Waals surface area contributed by atoms with Gasteiger partial charge < -0.3 is 15.1 Å². The number of hydrogen-bond acceptors (Lipinski definition) is 3. The number of anilines is 1. The molecule has 1 aromatic carbocycles. The van der Waals surface area contributed by atoms with Crippen molar-refractivity contribution in [3.63, 3.8) is 0 Å². The largest absolute Gasteiger partial charge is 0.367 e. The molecule has 1 aromatic heterocycles. The molecule has 5 heteroatoms. The van der Waals surface area contributed by atoms with Crippen molar-refractivity contribution in [2.75, 3.05) is 31.1 Å². The number of urea groups is 1. The first-order valence-corrected chi connectivity index (χ1v) is 9.72. The summed E-state index contributed by atoms with van der Waals surface area (Å²) < 4.78 is 0. The number of aromatic nitrogens is 1. The molecule has 1 fully saturated rings. The Balaban J connectivity index is 1.49. The van der Waals surface area contributed by atoms with Crippen LogP contribution in [0.4, 0.5) is 10.5 Å². The Morgan fingerprint density at radius 2 is 1.81 bits per heavy atom. The molecular weight excluding hydrogens is 336 g/mol. The van der Waals surface area contributed by atoms with E-state index < -0.39 is 0 Å². The minimum absolute atomic E-state index is 0.0208. The monoisotopic (exact) mass is 366 g/mol. The quantitative estimate of drug-likeness (QED) is 0.878. The fourth-order valence-corrected chi connectivity index (χ4v) is 3.83. The van der Waals surface area contributed by atoms with Crippen molar-refractivity contribution in [1.29, 1.82) is 0 Å². The topological polar surface area (TPSA) is 48.5 Å². The molecule has 27 heavy (non-hydrogen) atoms. The third kappa shape index (κ3) is 5.00. The summed E-state index contributed by atoms with van der Waals surface area (Å²) in [5.74, 6) is 0. The number of piperazine rings is 1. The van der Waals surface area contributed by atoms with Gasteiger partial charge in [-0.1, -0.05) is 44.2 Å². The van der Waals surface area contributed by atoms with Gasteiger partial charge in [0.1, 0.15) is 0 Å². The molecule has 1 atom stereocenters. The maximum Gasteiger partial charge on any atom is 0.317 e. The van der Waals surface area contributed by atoms with Crippen LogP contribution in [0.3, 0.4) is 0 Å². The van der Waals surface area contributed by atoms with Crippen LogP contribution in [-0.2, 0) is 5.41 Å². The number of nitrogens with zero attached hydrogens (tertiary/aromatic N) is 3. The van der Waals surface area contributed by atoms with Gasteiger partial charge >= 0.3 is 6.03 Å². The van der Waals surface area contributed by atoms with E-state index in [1.165, 1.54) is 5.56 Å². The zero-order chi connectivity index (χ0) is 19.3. The Bertz CT molecular complexity index is 724. The van der Waals surface area contributed by atoms with Crippen LogP contribution >= 0.6 is 0 Å². The fourth-order valence-electron chi connectivity index (χ4n) is 3.83. The smallest absolute Gasteiger partial charge is 0.317 e. The van der Waals surface area contributed by atoms with Gasteiger partial charge in [-0.25, -0.2) is 4.79 Å². The Morgan fingerprint density at radius 1 is 1.11 bits per heavy atom. The maximum absolute atomic E-state index is 12.7. The number of rotatable bonds is 5. The fraction of sp³-hybridized carbons (Fsp3) is 0.455. The molecule has 2 aromatic rings. The van der Waals surface area contributed by atoms with E-state index in [1.807, 2.05) is 23.2 Å². The third-order valence-corrected chi connectivity index (χ3v) is 5.32. The Labute approximate surface area is 162 Å². The van der Waals surface area contributed by atoms with Crippen molar-refractivity contribution in [2.24, 2.45) is 0 Å². The van der Waals surface area contributed by atoms with Crippen molar-refractivity contribution < 1.29 is 4.79 Å². The van der Waals surface area contributed by atoms with Crippen LogP contribution in [0.5, 0.6) is 0 Å². The van der Waals surface area contributed by atoms with Crippen LogP contribution in [-0.4, -0.2) is 48.1 Å². The molecule has 5 nitrogen and oxygen atoms in total. The van der Waals surface area contributed by atoms with Gasteiger partial charge in [0.25, 0.3) is 0 Å². The standard InChI is InChI=1S/C22H30N4O/c1-18(16-22(2,3)19-8-5-4-6-9-19)24-21(27)26-14-12-25(13-15-26)20-10-7-11-23-17-20/h4-11,17-18H,12-16H2,1-3H3,(H,24,27). The number of amides is 2. The molecule has 3 rings (SSSR count). The van der Waals surface area contributed by atoms with Crippen LogP contribution in [0.2, 0.25) is 0 Å². The molecule has 0 saturated carbocycles. The normalized spacial score (nSPS) is 16.1. The van der Waals surface area contributed by atoms with Gasteiger partial charge in [0, 0.05) is 38.4 Å². The molecular formula is C22H30N4O. The van der Waals surface area contributed by atoms with E-state index in [2.05, 4.69) is 66.3 Å². The lowest BCUT2D eigenvalue weighted by Crippen LogP contribution is -2.53. The average Bonchev–Trinajstić information content (AvgIpc) is 2.69. The molecule has 1 unspecified atom stereocenters. The van der Waals surface area contributed by atoms with Crippen molar-refractivity contribution in [3.8, 4) is 0 Å². The van der Waals surface area contributed by atoms with Crippen molar-refractivity contribution in [2.45, 2.75) is 38.6 Å². The van der Waals surface area contributed by atoms with Crippen LogP contribution in [0.15, 0.2) is 54.9 Å². The highest BCUT2D eigenvalue weighted by molar-refractivity contribution is 5.75. The zero-order valence-corrected chi connectivity index (χ0v) is 16.6. The van der Waals surface area contributed by atoms with E-state index in [4.69, 9.17) is 0 Å². The summed E-state index contributed by atoms with van der Waals surface area (Å²) in [4.78, 5) is 21.0. The van der Waals surface area contributed by atoms with E-state index in [0.717, 1.165) is 38.3 Å². The molecule has 2 heterocycles. The Kier molecular flexibility index (Phi) is 5.99. The van der Waals surface area contributed by atoms with Gasteiger partial charge in [-0.2, -0.15) is 0 Å². The lowest BCUT2D eigenvalue weighted by molar-refractivity contribution is 0.189. The van der Waals surface area contributed by atoms with Crippen LogP contribution in [0.25, 0.3) is 0 Å². The second kappa shape index (κ2) is 8.42. The number of carbonyl (C=O) groups excluding carboxylic acids is 1. The molecule has 0 aliphatic carbocycles. The number of hydrogen-bond donors (Lipinski definition) is 1. The van der Waals surface area contributed by atoms with Crippen LogP contribution in [0.1, 0.15) is 32.8 Å². The first kappa shape index (κ1) is 19.2. The summed E-state index contributed by atoms with van der Waals surface area (Å²) >= 11 is 0. The number of pyridine rings is 1. The molecule has 0 spiro atoms. The summed E-state index contributed by atoms with van der Waals surface area (Å²) in [6, 6.07) is 14.7. The van der Waals surface area contributed by atoms with Crippen molar-refractivity contribution >= 4 is 11.7 Å². The van der Waals surface area contributed by atoms with Gasteiger partial charge in [-0.3, -0.25) is 4.98 Å². The summed E-state index contributed by atoms with van der Waals surface area (Å²) in [6.07, 6.45) is 4.56. The van der Waals surface area contributed by atoms with Crippen LogP contribution < -0.4 is 10.2 Å².